The van der Waals surface area contributed by atoms with Crippen molar-refractivity contribution in [2.24, 2.45) is 11.8 Å². The van der Waals surface area contributed by atoms with E-state index < -0.39 is 8.72 Å². The summed E-state index contributed by atoms with van der Waals surface area (Å²) in [6.45, 7) is 21.3. The predicted molar refractivity (Wildman–Crippen MR) is 85.4 cm³/mol. The van der Waals surface area contributed by atoms with Gasteiger partial charge in [0.2, 0.25) is 0 Å². The van der Waals surface area contributed by atoms with E-state index in [0.717, 1.165) is 26.3 Å². The van der Waals surface area contributed by atoms with Crippen molar-refractivity contribution in [3.63, 3.8) is 0 Å². The zero-order valence-corrected chi connectivity index (χ0v) is 15.3. The smallest absolute Gasteiger partial charge is 0.383 e. The van der Waals surface area contributed by atoms with E-state index >= 15 is 0 Å². The molecule has 0 atom stereocenters. The van der Waals surface area contributed by atoms with Crippen LogP contribution in [0.2, 0.25) is 5.54 Å². The summed E-state index contributed by atoms with van der Waals surface area (Å²) in [5.74, 6) is 1.26. The molecular weight excluding hydrogens is 254 g/mol. The van der Waals surface area contributed by atoms with Crippen molar-refractivity contribution in [3.8, 4) is 0 Å². The van der Waals surface area contributed by atoms with Crippen molar-refractivity contribution in [1.29, 1.82) is 0 Å². The maximum absolute atomic E-state index is 6.24. The molecule has 0 aliphatic heterocycles. The lowest BCUT2D eigenvalue weighted by atomic mass is 10.2. The Morgan fingerprint density at radius 1 is 0.789 bits per heavy atom. The van der Waals surface area contributed by atoms with E-state index in [-0.39, 0.29) is 0 Å². The summed E-state index contributed by atoms with van der Waals surface area (Å²) in [6.07, 6.45) is 0. The Bertz CT molecular complexity index is 216. The molecule has 0 aromatic carbocycles. The van der Waals surface area contributed by atoms with Gasteiger partial charge in [-0.25, -0.2) is 0 Å². The Morgan fingerprint density at radius 3 is 1.37 bits per heavy atom. The lowest BCUT2D eigenvalue weighted by molar-refractivity contribution is 0.101. The fourth-order valence-electron chi connectivity index (χ4n) is 2.55. The zero-order chi connectivity index (χ0) is 15.1. The van der Waals surface area contributed by atoms with E-state index in [1.54, 1.807) is 0 Å². The largest absolute Gasteiger partial charge is 0.430 e. The lowest BCUT2D eigenvalue weighted by Crippen LogP contribution is -2.62. The highest BCUT2D eigenvalue weighted by Gasteiger charge is 2.48. The summed E-state index contributed by atoms with van der Waals surface area (Å²) in [4.78, 5) is 0. The second-order valence-corrected chi connectivity index (χ2v) is 9.97. The third-order valence-corrected chi connectivity index (χ3v) is 7.15. The Hall–Kier alpha value is 0.0969. The summed E-state index contributed by atoms with van der Waals surface area (Å²) in [5.41, 5.74) is 0.435. The Balaban J connectivity index is 5.28. The minimum atomic E-state index is -2.29. The van der Waals surface area contributed by atoms with Crippen LogP contribution in [0.25, 0.3) is 0 Å². The zero-order valence-electron chi connectivity index (χ0n) is 14.3. The molecule has 116 valence electrons. The van der Waals surface area contributed by atoms with Gasteiger partial charge < -0.3 is 8.85 Å². The van der Waals surface area contributed by atoms with Crippen LogP contribution in [0, 0.1) is 11.8 Å². The average Bonchev–Trinajstić information content (AvgIpc) is 2.26. The Morgan fingerprint density at radius 2 is 1.16 bits per heavy atom. The molecule has 4 heteroatoms. The number of rotatable bonds is 10. The summed E-state index contributed by atoms with van der Waals surface area (Å²) in [7, 11) is -2.29. The van der Waals surface area contributed by atoms with Crippen LogP contribution >= 0.6 is 0 Å². The normalized spacial score (nSPS) is 13.3. The van der Waals surface area contributed by atoms with E-state index in [0.29, 0.717) is 17.4 Å². The molecule has 0 amide bonds. The van der Waals surface area contributed by atoms with Gasteiger partial charge in [0, 0.05) is 18.8 Å². The highest BCUT2D eigenvalue weighted by molar-refractivity contribution is 6.66. The van der Waals surface area contributed by atoms with E-state index in [1.807, 2.05) is 0 Å². The minimum absolute atomic E-state index is 0.435. The van der Waals surface area contributed by atoms with Crippen molar-refractivity contribution in [2.45, 2.75) is 60.9 Å². The first-order chi connectivity index (χ1) is 8.80. The van der Waals surface area contributed by atoms with Gasteiger partial charge in [-0.15, -0.1) is 0 Å². The predicted octanol–water partition coefficient (Wildman–Crippen LogP) is 4.02. The van der Waals surface area contributed by atoms with Crippen molar-refractivity contribution >= 4 is 8.72 Å². The molecule has 0 aliphatic carbocycles. The Labute approximate surface area is 122 Å². The standard InChI is InChI=1S/C15H35NO2Si/c1-9-17-19(15(7)8,18-10-2)16(11-13(3)4)12-14(5)6/h13-15H,9-12H2,1-8H3. The highest BCUT2D eigenvalue weighted by atomic mass is 28.4. The van der Waals surface area contributed by atoms with Gasteiger partial charge in [-0.3, -0.25) is 4.57 Å². The van der Waals surface area contributed by atoms with Crippen molar-refractivity contribution < 1.29 is 8.85 Å². The molecule has 3 nitrogen and oxygen atoms in total. The molecule has 0 heterocycles. The molecule has 0 unspecified atom stereocenters. The molecule has 0 aromatic rings. The highest BCUT2D eigenvalue weighted by Crippen LogP contribution is 2.29. The fraction of sp³-hybridized carbons (Fsp3) is 1.00. The molecule has 0 saturated carbocycles. The van der Waals surface area contributed by atoms with Crippen molar-refractivity contribution in [2.75, 3.05) is 26.3 Å². The maximum Gasteiger partial charge on any atom is 0.430 e. The van der Waals surface area contributed by atoms with Crippen LogP contribution in [0.5, 0.6) is 0 Å². The van der Waals surface area contributed by atoms with Crippen LogP contribution in [0.4, 0.5) is 0 Å². The van der Waals surface area contributed by atoms with Gasteiger partial charge in [0.1, 0.15) is 0 Å². The fourth-order valence-corrected chi connectivity index (χ4v) is 6.46. The summed E-state index contributed by atoms with van der Waals surface area (Å²) in [6, 6.07) is 0. The topological polar surface area (TPSA) is 21.7 Å². The van der Waals surface area contributed by atoms with Crippen LogP contribution in [0.1, 0.15) is 55.4 Å². The monoisotopic (exact) mass is 289 g/mol. The number of nitrogens with zero attached hydrogens (tertiary/aromatic N) is 1. The van der Waals surface area contributed by atoms with Gasteiger partial charge in [-0.05, 0) is 38.8 Å². The molecule has 0 spiro atoms. The van der Waals surface area contributed by atoms with Crippen LogP contribution in [-0.4, -0.2) is 39.6 Å². The minimum Gasteiger partial charge on any atom is -0.383 e. The summed E-state index contributed by atoms with van der Waals surface area (Å²) in [5, 5.41) is 0. The van der Waals surface area contributed by atoms with Gasteiger partial charge in [-0.1, -0.05) is 41.5 Å². The quantitative estimate of drug-likeness (QED) is 0.567. The summed E-state index contributed by atoms with van der Waals surface area (Å²) >= 11 is 0. The molecule has 0 bridgehead atoms. The molecule has 0 N–H and O–H groups in total. The molecule has 0 rings (SSSR count). The van der Waals surface area contributed by atoms with Crippen LogP contribution in [0.15, 0.2) is 0 Å². The first kappa shape index (κ1) is 19.1. The first-order valence-electron chi connectivity index (χ1n) is 7.83. The first-order valence-corrected chi connectivity index (χ1v) is 9.67. The third kappa shape index (κ3) is 5.94. The SMILES string of the molecule is CCO[Si](OCC)(C(C)C)N(CC(C)C)CC(C)C. The van der Waals surface area contributed by atoms with Gasteiger partial charge in [0.25, 0.3) is 0 Å². The molecule has 0 aliphatic rings. The van der Waals surface area contributed by atoms with Gasteiger partial charge in [-0.2, -0.15) is 0 Å². The lowest BCUT2D eigenvalue weighted by Gasteiger charge is -2.43. The van der Waals surface area contributed by atoms with Crippen molar-refractivity contribution in [1.82, 2.24) is 4.57 Å². The van der Waals surface area contributed by atoms with Crippen LogP contribution in [-0.2, 0) is 8.85 Å². The molecule has 0 fully saturated rings. The van der Waals surface area contributed by atoms with Crippen LogP contribution in [0.3, 0.4) is 0 Å². The van der Waals surface area contributed by atoms with Gasteiger partial charge >= 0.3 is 8.72 Å². The van der Waals surface area contributed by atoms with E-state index in [4.69, 9.17) is 8.85 Å². The van der Waals surface area contributed by atoms with Crippen molar-refractivity contribution in [3.05, 3.63) is 0 Å². The molecule has 0 radical (unpaired) electrons. The molecule has 0 aromatic heterocycles. The molecule has 0 saturated heterocycles. The maximum atomic E-state index is 6.24. The van der Waals surface area contributed by atoms with Gasteiger partial charge in [0.15, 0.2) is 0 Å². The molecular formula is C15H35NO2Si. The average molecular weight is 290 g/mol. The molecule has 19 heavy (non-hydrogen) atoms. The van der Waals surface area contributed by atoms with Gasteiger partial charge in [0.05, 0.1) is 0 Å². The van der Waals surface area contributed by atoms with E-state index in [2.05, 4.69) is 60.0 Å². The third-order valence-electron chi connectivity index (χ3n) is 3.04. The van der Waals surface area contributed by atoms with Crippen LogP contribution < -0.4 is 0 Å². The number of hydrogen-bond acceptors (Lipinski definition) is 3. The summed E-state index contributed by atoms with van der Waals surface area (Å²) < 4.78 is 15.0. The second kappa shape index (κ2) is 9.11. The Kier molecular flexibility index (Phi) is 9.16. The van der Waals surface area contributed by atoms with E-state index in [1.165, 1.54) is 0 Å². The number of hydrogen-bond donors (Lipinski definition) is 0. The van der Waals surface area contributed by atoms with E-state index in [9.17, 15) is 0 Å². The second-order valence-electron chi connectivity index (χ2n) is 6.34.